The van der Waals surface area contributed by atoms with Crippen LogP contribution < -0.4 is 5.32 Å². The maximum absolute atomic E-state index is 11.3. The van der Waals surface area contributed by atoms with Crippen LogP contribution in [0.3, 0.4) is 0 Å². The van der Waals surface area contributed by atoms with Gasteiger partial charge in [-0.15, -0.1) is 0 Å². The Morgan fingerprint density at radius 2 is 2.14 bits per heavy atom. The number of aliphatic carboxylic acids is 1. The summed E-state index contributed by atoms with van der Waals surface area (Å²) in [7, 11) is 0. The number of benzene rings is 1. The smallest absolute Gasteiger partial charge is 0.320 e. The van der Waals surface area contributed by atoms with E-state index < -0.39 is 12.0 Å². The molecule has 2 N–H and O–H groups in total. The van der Waals surface area contributed by atoms with Crippen molar-refractivity contribution in [3.63, 3.8) is 0 Å². The van der Waals surface area contributed by atoms with Crippen LogP contribution >= 0.6 is 15.9 Å². The third-order valence-electron chi connectivity index (χ3n) is 3.36. The van der Waals surface area contributed by atoms with Gasteiger partial charge in [0.2, 0.25) is 0 Å². The summed E-state index contributed by atoms with van der Waals surface area (Å²) in [6.07, 6.45) is 2.37. The zero-order chi connectivity index (χ0) is 15.4. The van der Waals surface area contributed by atoms with E-state index >= 15 is 0 Å². The van der Waals surface area contributed by atoms with Crippen LogP contribution in [0.1, 0.15) is 25.8 Å². The fraction of sp³-hybridized carbons (Fsp3) is 0.375. The number of fused-ring (bicyclic) bond motifs is 1. The maximum Gasteiger partial charge on any atom is 0.320 e. The highest BCUT2D eigenvalue weighted by atomic mass is 79.9. The molecule has 0 spiro atoms. The van der Waals surface area contributed by atoms with Crippen LogP contribution in [0.4, 0.5) is 0 Å². The lowest BCUT2D eigenvalue weighted by molar-refractivity contribution is -0.140. The summed E-state index contributed by atoms with van der Waals surface area (Å²) in [5.41, 5.74) is 1.95. The largest absolute Gasteiger partial charge is 0.480 e. The van der Waals surface area contributed by atoms with Gasteiger partial charge in [0, 0.05) is 22.6 Å². The molecule has 21 heavy (non-hydrogen) atoms. The summed E-state index contributed by atoms with van der Waals surface area (Å²) < 4.78 is 0.943. The number of carboxylic acid groups (broad SMARTS) is 1. The Balaban J connectivity index is 2.20. The molecule has 0 fully saturated rings. The van der Waals surface area contributed by atoms with E-state index in [-0.39, 0.29) is 0 Å². The van der Waals surface area contributed by atoms with E-state index in [0.29, 0.717) is 18.9 Å². The molecule has 1 aromatic carbocycles. The van der Waals surface area contributed by atoms with E-state index in [1.165, 1.54) is 0 Å². The molecule has 0 radical (unpaired) electrons. The van der Waals surface area contributed by atoms with Crippen LogP contribution in [0.15, 0.2) is 34.9 Å². The van der Waals surface area contributed by atoms with Crippen molar-refractivity contribution in [2.75, 3.05) is 0 Å². The molecule has 0 amide bonds. The normalized spacial score (nSPS) is 12.8. The second-order valence-electron chi connectivity index (χ2n) is 5.51. The number of hydrogen-bond acceptors (Lipinski definition) is 3. The van der Waals surface area contributed by atoms with E-state index in [4.69, 9.17) is 0 Å². The van der Waals surface area contributed by atoms with Crippen LogP contribution in [-0.2, 0) is 11.3 Å². The van der Waals surface area contributed by atoms with E-state index in [0.717, 1.165) is 20.9 Å². The number of nitrogens with zero attached hydrogens (tertiary/aromatic N) is 1. The van der Waals surface area contributed by atoms with Gasteiger partial charge in [-0.2, -0.15) is 0 Å². The molecular weight excluding hydrogens is 332 g/mol. The average Bonchev–Trinajstić information content (AvgIpc) is 2.43. The third-order valence-corrected chi connectivity index (χ3v) is 4.00. The Hall–Kier alpha value is -1.46. The molecule has 0 aliphatic rings. The minimum atomic E-state index is -0.803. The molecule has 1 unspecified atom stereocenters. The number of pyridine rings is 1. The van der Waals surface area contributed by atoms with Crippen molar-refractivity contribution in [3.8, 4) is 0 Å². The first-order chi connectivity index (χ1) is 9.99. The summed E-state index contributed by atoms with van der Waals surface area (Å²) in [5.74, 6) is -0.467. The van der Waals surface area contributed by atoms with Crippen molar-refractivity contribution >= 4 is 32.8 Å². The topological polar surface area (TPSA) is 62.2 Å². The van der Waals surface area contributed by atoms with Crippen molar-refractivity contribution in [1.82, 2.24) is 10.3 Å². The SMILES string of the molecule is CC(C)CC(NCc1ccnc2c(Br)cccc12)C(=O)O. The number of aromatic nitrogens is 1. The molecule has 0 aliphatic carbocycles. The fourth-order valence-electron chi connectivity index (χ4n) is 2.33. The highest BCUT2D eigenvalue weighted by molar-refractivity contribution is 9.10. The average molecular weight is 351 g/mol. The predicted octanol–water partition coefficient (Wildman–Crippen LogP) is 3.59. The number of carbonyl (C=O) groups is 1. The van der Waals surface area contributed by atoms with Crippen molar-refractivity contribution < 1.29 is 9.90 Å². The van der Waals surface area contributed by atoms with Gasteiger partial charge in [0.05, 0.1) is 5.52 Å². The Kier molecular flexibility index (Phi) is 5.31. The fourth-order valence-corrected chi connectivity index (χ4v) is 2.80. The van der Waals surface area contributed by atoms with E-state index in [2.05, 4.69) is 26.2 Å². The summed E-state index contributed by atoms with van der Waals surface area (Å²) in [4.78, 5) is 15.7. The van der Waals surface area contributed by atoms with Gasteiger partial charge in [0.1, 0.15) is 6.04 Å². The number of carboxylic acids is 1. The quantitative estimate of drug-likeness (QED) is 0.835. The van der Waals surface area contributed by atoms with Crippen LogP contribution in [-0.4, -0.2) is 22.1 Å². The molecule has 0 saturated carbocycles. The van der Waals surface area contributed by atoms with Gasteiger partial charge >= 0.3 is 5.97 Å². The lowest BCUT2D eigenvalue weighted by atomic mass is 10.0. The number of nitrogens with one attached hydrogen (secondary N) is 1. The Labute approximate surface area is 132 Å². The highest BCUT2D eigenvalue weighted by Gasteiger charge is 2.18. The molecule has 0 saturated heterocycles. The molecule has 1 atom stereocenters. The van der Waals surface area contributed by atoms with Crippen LogP contribution in [0.25, 0.3) is 10.9 Å². The molecule has 112 valence electrons. The van der Waals surface area contributed by atoms with Crippen LogP contribution in [0.5, 0.6) is 0 Å². The zero-order valence-electron chi connectivity index (χ0n) is 12.1. The standard InChI is InChI=1S/C16H19BrN2O2/c1-10(2)8-14(16(20)21)19-9-11-6-7-18-15-12(11)4-3-5-13(15)17/h3-7,10,14,19H,8-9H2,1-2H3,(H,20,21). The van der Waals surface area contributed by atoms with Crippen LogP contribution in [0, 0.1) is 5.92 Å². The molecule has 0 bridgehead atoms. The Morgan fingerprint density at radius 1 is 1.38 bits per heavy atom. The summed E-state index contributed by atoms with van der Waals surface area (Å²) in [6, 6.07) is 7.31. The Bertz CT molecular complexity index is 643. The number of rotatable bonds is 6. The van der Waals surface area contributed by atoms with Gasteiger partial charge in [0.15, 0.2) is 0 Å². The predicted molar refractivity (Wildman–Crippen MR) is 87.2 cm³/mol. The molecule has 0 aliphatic heterocycles. The highest BCUT2D eigenvalue weighted by Crippen LogP contribution is 2.24. The lowest BCUT2D eigenvalue weighted by Gasteiger charge is -2.17. The molecule has 5 heteroatoms. The molecule has 1 heterocycles. The van der Waals surface area contributed by atoms with Crippen molar-refractivity contribution in [3.05, 3.63) is 40.5 Å². The monoisotopic (exact) mass is 350 g/mol. The van der Waals surface area contributed by atoms with Gasteiger partial charge in [-0.25, -0.2) is 0 Å². The first kappa shape index (κ1) is 15.9. The van der Waals surface area contributed by atoms with E-state index in [9.17, 15) is 9.90 Å². The molecule has 4 nitrogen and oxygen atoms in total. The summed E-state index contributed by atoms with van der Waals surface area (Å²) >= 11 is 3.49. The second-order valence-corrected chi connectivity index (χ2v) is 6.36. The van der Waals surface area contributed by atoms with Crippen molar-refractivity contribution in [2.45, 2.75) is 32.9 Å². The molecule has 1 aromatic heterocycles. The third kappa shape index (κ3) is 4.02. The number of para-hydroxylation sites is 1. The van der Waals surface area contributed by atoms with Crippen molar-refractivity contribution in [2.24, 2.45) is 5.92 Å². The Morgan fingerprint density at radius 3 is 2.81 bits per heavy atom. The summed E-state index contributed by atoms with van der Waals surface area (Å²) in [6.45, 7) is 4.56. The minimum absolute atomic E-state index is 0.335. The first-order valence-corrected chi connectivity index (χ1v) is 7.76. The molecular formula is C16H19BrN2O2. The minimum Gasteiger partial charge on any atom is -0.480 e. The second kappa shape index (κ2) is 7.00. The van der Waals surface area contributed by atoms with Gasteiger partial charge in [0.25, 0.3) is 0 Å². The maximum atomic E-state index is 11.3. The molecule has 2 rings (SSSR count). The number of hydrogen-bond donors (Lipinski definition) is 2. The summed E-state index contributed by atoms with van der Waals surface area (Å²) in [5, 5.41) is 13.4. The molecule has 2 aromatic rings. The van der Waals surface area contributed by atoms with Gasteiger partial charge in [-0.05, 0) is 46.0 Å². The van der Waals surface area contributed by atoms with E-state index in [1.807, 2.05) is 38.1 Å². The van der Waals surface area contributed by atoms with E-state index in [1.54, 1.807) is 6.20 Å². The van der Waals surface area contributed by atoms with Gasteiger partial charge in [-0.1, -0.05) is 26.0 Å². The first-order valence-electron chi connectivity index (χ1n) is 6.97. The zero-order valence-corrected chi connectivity index (χ0v) is 13.7. The van der Waals surface area contributed by atoms with Gasteiger partial charge < -0.3 is 10.4 Å². The lowest BCUT2D eigenvalue weighted by Crippen LogP contribution is -2.37. The van der Waals surface area contributed by atoms with Crippen molar-refractivity contribution in [1.29, 1.82) is 0 Å². The van der Waals surface area contributed by atoms with Gasteiger partial charge in [-0.3, -0.25) is 9.78 Å². The number of halogens is 1. The van der Waals surface area contributed by atoms with Crippen LogP contribution in [0.2, 0.25) is 0 Å².